The minimum atomic E-state index is 0.103. The first kappa shape index (κ1) is 18.7. The van der Waals surface area contributed by atoms with Crippen LogP contribution in [0.3, 0.4) is 0 Å². The van der Waals surface area contributed by atoms with Gasteiger partial charge in [0.1, 0.15) is 0 Å². The summed E-state index contributed by atoms with van der Waals surface area (Å²) in [6.07, 6.45) is 0. The van der Waals surface area contributed by atoms with Crippen molar-refractivity contribution in [3.63, 3.8) is 0 Å². The van der Waals surface area contributed by atoms with Gasteiger partial charge in [0.15, 0.2) is 5.78 Å². The molecular formula is C22H22N4OS2. The van der Waals surface area contributed by atoms with Crippen molar-refractivity contribution in [2.45, 2.75) is 13.8 Å². The number of aromatic nitrogens is 2. The molecule has 5 rings (SSSR count). The zero-order valence-corrected chi connectivity index (χ0v) is 18.4. The topological polar surface area (TPSA) is 49.3 Å². The van der Waals surface area contributed by atoms with Crippen LogP contribution in [0, 0.1) is 13.8 Å². The van der Waals surface area contributed by atoms with Crippen molar-refractivity contribution in [1.82, 2.24) is 14.9 Å². The molecule has 148 valence electrons. The lowest BCUT2D eigenvalue weighted by Crippen LogP contribution is -2.44. The van der Waals surface area contributed by atoms with E-state index >= 15 is 0 Å². The number of hydrogen-bond acceptors (Lipinski definition) is 7. The Balaban J connectivity index is 1.65. The second-order valence-electron chi connectivity index (χ2n) is 7.63. The first-order valence-corrected chi connectivity index (χ1v) is 11.5. The predicted octanol–water partition coefficient (Wildman–Crippen LogP) is 4.12. The summed E-state index contributed by atoms with van der Waals surface area (Å²) in [7, 11) is 2.15. The minimum absolute atomic E-state index is 0.103. The van der Waals surface area contributed by atoms with Gasteiger partial charge in [0.2, 0.25) is 0 Å². The fraction of sp³-hybridized carbons (Fsp3) is 0.318. The number of nitrogens with zero attached hydrogens (tertiary/aromatic N) is 4. The maximum atomic E-state index is 13.6. The standard InChI is InChI=1S/C22H22N4OS2/c1-13-21(28-11-23-13)18-16-5-4-15(26-8-6-25(3)7-9-26)10-17(16)20(27)19(18)22-14(2)24-12-29-22/h4-5,10-12H,6-9H2,1-3H3. The van der Waals surface area contributed by atoms with Gasteiger partial charge in [-0.15, -0.1) is 22.7 Å². The van der Waals surface area contributed by atoms with Crippen molar-refractivity contribution in [3.05, 3.63) is 61.5 Å². The minimum Gasteiger partial charge on any atom is -0.369 e. The predicted molar refractivity (Wildman–Crippen MR) is 120 cm³/mol. The van der Waals surface area contributed by atoms with Gasteiger partial charge in [-0.05, 0) is 38.6 Å². The molecule has 0 spiro atoms. The van der Waals surface area contributed by atoms with Crippen LogP contribution in [0.25, 0.3) is 11.1 Å². The average molecular weight is 423 g/mol. The Hall–Kier alpha value is -2.35. The fourth-order valence-corrected chi connectivity index (χ4v) is 5.84. The summed E-state index contributed by atoms with van der Waals surface area (Å²) in [4.78, 5) is 29.2. The number of allylic oxidation sites excluding steroid dienone is 1. The number of Topliss-reactive ketones (excluding diaryl/α,β-unsaturated/α-hetero) is 1. The zero-order valence-electron chi connectivity index (χ0n) is 16.7. The van der Waals surface area contributed by atoms with Crippen molar-refractivity contribution in [2.24, 2.45) is 0 Å². The smallest absolute Gasteiger partial charge is 0.195 e. The number of piperazine rings is 1. The van der Waals surface area contributed by atoms with Crippen molar-refractivity contribution < 1.29 is 4.79 Å². The number of ketones is 1. The molecule has 0 saturated carbocycles. The van der Waals surface area contributed by atoms with Crippen LogP contribution in [0.1, 0.15) is 37.1 Å². The third kappa shape index (κ3) is 3.04. The number of carbonyl (C=O) groups excluding carboxylic acids is 1. The summed E-state index contributed by atoms with van der Waals surface area (Å²) >= 11 is 3.14. The van der Waals surface area contributed by atoms with Crippen LogP contribution in [0.4, 0.5) is 5.69 Å². The van der Waals surface area contributed by atoms with Crippen molar-refractivity contribution in [3.8, 4) is 0 Å². The summed E-state index contributed by atoms with van der Waals surface area (Å²) < 4.78 is 0. The lowest BCUT2D eigenvalue weighted by molar-refractivity contribution is 0.105. The molecule has 7 heteroatoms. The molecule has 2 aromatic heterocycles. The SMILES string of the molecule is Cc1ncsc1C1=C(c2scnc2C)c2ccc(N3CCN(C)CC3)cc2C1=O. The molecule has 0 amide bonds. The number of carbonyl (C=O) groups is 1. The number of benzene rings is 1. The van der Waals surface area contributed by atoms with Gasteiger partial charge in [-0.2, -0.15) is 0 Å². The highest BCUT2D eigenvalue weighted by Crippen LogP contribution is 2.46. The van der Waals surface area contributed by atoms with E-state index in [2.05, 4.69) is 45.0 Å². The summed E-state index contributed by atoms with van der Waals surface area (Å²) in [5.41, 5.74) is 10.3. The van der Waals surface area contributed by atoms with Gasteiger partial charge in [0.05, 0.1) is 37.7 Å². The first-order valence-electron chi connectivity index (χ1n) is 9.72. The zero-order chi connectivity index (χ0) is 20.1. The number of likely N-dealkylation sites (N-methyl/N-ethyl adjacent to an activating group) is 1. The fourth-order valence-electron chi connectivity index (χ4n) is 4.12. The van der Waals surface area contributed by atoms with E-state index in [1.165, 1.54) is 11.3 Å². The Bertz CT molecular complexity index is 1140. The van der Waals surface area contributed by atoms with Crippen molar-refractivity contribution in [2.75, 3.05) is 38.1 Å². The molecule has 5 nitrogen and oxygen atoms in total. The van der Waals surface area contributed by atoms with E-state index < -0.39 is 0 Å². The van der Waals surface area contributed by atoms with E-state index in [9.17, 15) is 4.79 Å². The lowest BCUT2D eigenvalue weighted by atomic mass is 10.0. The molecular weight excluding hydrogens is 400 g/mol. The van der Waals surface area contributed by atoms with Crippen LogP contribution < -0.4 is 4.90 Å². The van der Waals surface area contributed by atoms with Crippen LogP contribution in [-0.4, -0.2) is 53.9 Å². The second-order valence-corrected chi connectivity index (χ2v) is 9.34. The van der Waals surface area contributed by atoms with Crippen LogP contribution in [0.5, 0.6) is 0 Å². The second kappa shape index (κ2) is 7.16. The molecule has 0 unspecified atom stereocenters. The monoisotopic (exact) mass is 422 g/mol. The number of rotatable bonds is 3. The number of hydrogen-bond donors (Lipinski definition) is 0. The molecule has 1 saturated heterocycles. The highest BCUT2D eigenvalue weighted by atomic mass is 32.1. The summed E-state index contributed by atoms with van der Waals surface area (Å²) in [6, 6.07) is 6.37. The molecule has 1 fully saturated rings. The van der Waals surface area contributed by atoms with Gasteiger partial charge in [-0.25, -0.2) is 9.97 Å². The van der Waals surface area contributed by atoms with Gasteiger partial charge in [-0.1, -0.05) is 6.07 Å². The van der Waals surface area contributed by atoms with Gasteiger partial charge >= 0.3 is 0 Å². The van der Waals surface area contributed by atoms with Crippen molar-refractivity contribution in [1.29, 1.82) is 0 Å². The van der Waals surface area contributed by atoms with E-state index in [-0.39, 0.29) is 5.78 Å². The molecule has 1 aliphatic heterocycles. The largest absolute Gasteiger partial charge is 0.369 e. The number of aryl methyl sites for hydroxylation is 2. The quantitative estimate of drug-likeness (QED) is 0.635. The van der Waals surface area contributed by atoms with Crippen molar-refractivity contribution >= 4 is 45.3 Å². The number of fused-ring (bicyclic) bond motifs is 1. The molecule has 3 aromatic rings. The van der Waals surface area contributed by atoms with Crippen LogP contribution in [0.15, 0.2) is 29.2 Å². The molecule has 0 radical (unpaired) electrons. The van der Waals surface area contributed by atoms with Crippen LogP contribution in [0.2, 0.25) is 0 Å². The Morgan fingerprint density at radius 1 is 0.862 bits per heavy atom. The van der Waals surface area contributed by atoms with E-state index in [1.54, 1.807) is 11.3 Å². The molecule has 0 N–H and O–H groups in total. The van der Waals surface area contributed by atoms with Gasteiger partial charge in [0.25, 0.3) is 0 Å². The number of thiazole rings is 2. The third-order valence-electron chi connectivity index (χ3n) is 5.81. The maximum absolute atomic E-state index is 13.6. The molecule has 2 aliphatic rings. The van der Waals surface area contributed by atoms with E-state index in [1.807, 2.05) is 24.9 Å². The third-order valence-corrected chi connectivity index (χ3v) is 7.70. The van der Waals surface area contributed by atoms with E-state index in [0.717, 1.165) is 75.3 Å². The van der Waals surface area contributed by atoms with Gasteiger partial charge < -0.3 is 9.80 Å². The Labute approximate surface area is 178 Å². The molecule has 3 heterocycles. The van der Waals surface area contributed by atoms with Gasteiger partial charge in [0, 0.05) is 43.0 Å². The molecule has 0 atom stereocenters. The Kier molecular flexibility index (Phi) is 4.61. The normalized spacial score (nSPS) is 17.3. The highest BCUT2D eigenvalue weighted by Gasteiger charge is 2.35. The Morgan fingerprint density at radius 2 is 1.48 bits per heavy atom. The van der Waals surface area contributed by atoms with Gasteiger partial charge in [-0.3, -0.25) is 4.79 Å². The average Bonchev–Trinajstić information content (AvgIpc) is 3.40. The summed E-state index contributed by atoms with van der Waals surface area (Å²) in [5.74, 6) is 0.103. The van der Waals surface area contributed by atoms with Crippen LogP contribution in [-0.2, 0) is 0 Å². The molecule has 0 bridgehead atoms. The molecule has 1 aliphatic carbocycles. The summed E-state index contributed by atoms with van der Waals surface area (Å²) in [5, 5.41) is 0. The number of anilines is 1. The first-order chi connectivity index (χ1) is 14.0. The molecule has 29 heavy (non-hydrogen) atoms. The van der Waals surface area contributed by atoms with Crippen LogP contribution >= 0.6 is 22.7 Å². The maximum Gasteiger partial charge on any atom is 0.195 e. The lowest BCUT2D eigenvalue weighted by Gasteiger charge is -2.34. The molecule has 1 aromatic carbocycles. The summed E-state index contributed by atoms with van der Waals surface area (Å²) in [6.45, 7) is 8.04. The Morgan fingerprint density at radius 3 is 2.07 bits per heavy atom. The highest BCUT2D eigenvalue weighted by molar-refractivity contribution is 7.12. The van der Waals surface area contributed by atoms with E-state index in [4.69, 9.17) is 0 Å². The van der Waals surface area contributed by atoms with E-state index in [0.29, 0.717) is 0 Å².